The van der Waals surface area contributed by atoms with Gasteiger partial charge in [-0.1, -0.05) is 181 Å². The SMILES string of the molecule is CCCCCCCCCc1ccc(OP(=O)([O-])CC(CC)CCCC)cc1.CCCCCCCCCc1ccc(OP(=O)([O-])CC(CC)CCCC)cc1.[Fe+2]. The average Bonchev–Trinajstić information content (AvgIpc) is 3.15. The molecule has 0 saturated heterocycles. The van der Waals surface area contributed by atoms with Crippen molar-refractivity contribution in [1.29, 1.82) is 0 Å². The van der Waals surface area contributed by atoms with Crippen molar-refractivity contribution in [3.05, 3.63) is 59.7 Å². The predicted octanol–water partition coefficient (Wildman–Crippen LogP) is 14.3. The van der Waals surface area contributed by atoms with E-state index >= 15 is 0 Å². The van der Waals surface area contributed by atoms with Gasteiger partial charge in [0.2, 0.25) is 0 Å². The van der Waals surface area contributed by atoms with Gasteiger partial charge in [0.25, 0.3) is 0 Å². The summed E-state index contributed by atoms with van der Waals surface area (Å²) < 4.78 is 35.4. The first-order valence-corrected chi connectivity index (χ1v) is 25.6. The molecule has 0 aliphatic heterocycles. The van der Waals surface area contributed by atoms with Crippen LogP contribution in [-0.2, 0) is 39.0 Å². The van der Waals surface area contributed by atoms with Gasteiger partial charge in [-0.15, -0.1) is 0 Å². The molecule has 0 radical (unpaired) electrons. The molecule has 0 fully saturated rings. The summed E-state index contributed by atoms with van der Waals surface area (Å²) in [4.78, 5) is 24.7. The van der Waals surface area contributed by atoms with Crippen molar-refractivity contribution in [3.8, 4) is 11.5 Å². The molecular weight excluding hydrogens is 766 g/mol. The number of unbranched alkanes of at least 4 members (excludes halogenated alkanes) is 14. The van der Waals surface area contributed by atoms with E-state index in [-0.39, 0.29) is 41.2 Å². The Morgan fingerprint density at radius 1 is 0.455 bits per heavy atom. The zero-order valence-corrected chi connectivity index (χ0v) is 38.7. The molecule has 318 valence electrons. The van der Waals surface area contributed by atoms with E-state index < -0.39 is 15.2 Å². The van der Waals surface area contributed by atoms with Gasteiger partial charge in [-0.05, 0) is 85.8 Å². The first-order chi connectivity index (χ1) is 26.0. The Labute approximate surface area is 349 Å². The van der Waals surface area contributed by atoms with Gasteiger partial charge in [-0.2, -0.15) is 0 Å². The van der Waals surface area contributed by atoms with E-state index in [4.69, 9.17) is 9.05 Å². The molecule has 0 amide bonds. The van der Waals surface area contributed by atoms with E-state index in [1.807, 2.05) is 24.3 Å². The Morgan fingerprint density at radius 2 is 0.745 bits per heavy atom. The summed E-state index contributed by atoms with van der Waals surface area (Å²) in [7, 11) is -7.66. The third-order valence-corrected chi connectivity index (χ3v) is 13.4. The number of benzene rings is 2. The van der Waals surface area contributed by atoms with E-state index in [1.54, 1.807) is 24.3 Å². The number of rotatable bonds is 32. The maximum absolute atomic E-state index is 12.3. The standard InChI is InChI=1S/2C23H41O3P.Fe/c2*1-4-7-9-10-11-12-13-15-22-16-18-23(19-17-22)26-27(24,25)20-21(6-3)14-8-5-2;/h2*16-19,21H,4-15,20H2,1-3H3,(H,24,25);/q;;+2/p-2. The molecule has 6 nitrogen and oxygen atoms in total. The molecule has 0 aliphatic carbocycles. The molecule has 9 heteroatoms. The molecule has 2 rings (SSSR count). The van der Waals surface area contributed by atoms with Gasteiger partial charge in [0.15, 0.2) is 15.2 Å². The second-order valence-electron chi connectivity index (χ2n) is 15.6. The molecule has 0 saturated carbocycles. The fourth-order valence-electron chi connectivity index (χ4n) is 6.87. The molecule has 0 aliphatic rings. The molecule has 0 aromatic heterocycles. The molecule has 0 N–H and O–H groups in total. The van der Waals surface area contributed by atoms with Gasteiger partial charge in [0.1, 0.15) is 11.5 Å². The van der Waals surface area contributed by atoms with Crippen LogP contribution in [0.3, 0.4) is 0 Å². The Morgan fingerprint density at radius 3 is 1.04 bits per heavy atom. The monoisotopic (exact) mass is 846 g/mol. The van der Waals surface area contributed by atoms with Crippen LogP contribution in [0.1, 0.15) is 194 Å². The van der Waals surface area contributed by atoms with Crippen molar-refractivity contribution in [2.45, 2.75) is 196 Å². The second kappa shape index (κ2) is 33.9. The topological polar surface area (TPSA) is 98.7 Å². The van der Waals surface area contributed by atoms with E-state index in [1.165, 1.54) is 101 Å². The quantitative estimate of drug-likeness (QED) is 0.0413. The van der Waals surface area contributed by atoms with E-state index in [0.29, 0.717) is 11.5 Å². The first-order valence-electron chi connectivity index (χ1n) is 22.2. The maximum Gasteiger partial charge on any atom is 2.00 e. The summed E-state index contributed by atoms with van der Waals surface area (Å²) in [5.41, 5.74) is 2.51. The normalized spacial score (nSPS) is 14.4. The smallest absolute Gasteiger partial charge is 0.769 e. The largest absolute Gasteiger partial charge is 2.00 e. The molecule has 55 heavy (non-hydrogen) atoms. The molecule has 4 unspecified atom stereocenters. The summed E-state index contributed by atoms with van der Waals surface area (Å²) in [6, 6.07) is 15.2. The van der Waals surface area contributed by atoms with Crippen molar-refractivity contribution in [3.63, 3.8) is 0 Å². The third kappa shape index (κ3) is 28.9. The average molecular weight is 847 g/mol. The minimum Gasteiger partial charge on any atom is -0.769 e. The molecule has 0 heterocycles. The van der Waals surface area contributed by atoms with E-state index in [9.17, 15) is 18.9 Å². The minimum atomic E-state index is -3.83. The summed E-state index contributed by atoms with van der Waals surface area (Å²) >= 11 is 0. The Bertz CT molecular complexity index is 1160. The zero-order chi connectivity index (χ0) is 39.9. The van der Waals surface area contributed by atoms with Crippen molar-refractivity contribution in [2.24, 2.45) is 11.8 Å². The zero-order valence-electron chi connectivity index (χ0n) is 35.9. The van der Waals surface area contributed by atoms with Crippen molar-refractivity contribution >= 4 is 15.2 Å². The van der Waals surface area contributed by atoms with Gasteiger partial charge >= 0.3 is 17.1 Å². The summed E-state index contributed by atoms with van der Waals surface area (Å²) in [5, 5.41) is 0. The molecule has 2 aromatic rings. The van der Waals surface area contributed by atoms with Crippen LogP contribution in [-0.4, -0.2) is 12.3 Å². The Kier molecular flexibility index (Phi) is 33.2. The number of aryl methyl sites for hydroxylation is 2. The molecule has 0 spiro atoms. The summed E-state index contributed by atoms with van der Waals surface area (Å²) in [6.45, 7) is 12.9. The predicted molar refractivity (Wildman–Crippen MR) is 229 cm³/mol. The number of hydrogen-bond acceptors (Lipinski definition) is 6. The van der Waals surface area contributed by atoms with Crippen LogP contribution in [0, 0.1) is 11.8 Å². The van der Waals surface area contributed by atoms with Gasteiger partial charge < -0.3 is 18.8 Å². The molecular formula is C46H80FeO6P2. The Hall–Kier alpha value is -1.06. The number of hydrogen-bond donors (Lipinski definition) is 0. The Balaban J connectivity index is 0.00000104. The first kappa shape index (κ1) is 53.9. The fourth-order valence-corrected chi connectivity index (χ4v) is 10.1. The fraction of sp³-hybridized carbons (Fsp3) is 0.739. The van der Waals surface area contributed by atoms with Crippen molar-refractivity contribution in [1.82, 2.24) is 0 Å². The second-order valence-corrected chi connectivity index (χ2v) is 19.2. The van der Waals surface area contributed by atoms with Crippen molar-refractivity contribution in [2.75, 3.05) is 12.3 Å². The van der Waals surface area contributed by atoms with E-state index in [0.717, 1.165) is 64.2 Å². The van der Waals surface area contributed by atoms with Gasteiger partial charge in [-0.25, -0.2) is 0 Å². The van der Waals surface area contributed by atoms with Crippen LogP contribution >= 0.6 is 15.2 Å². The third-order valence-electron chi connectivity index (χ3n) is 10.5. The molecule has 2 aromatic carbocycles. The molecule has 4 atom stereocenters. The summed E-state index contributed by atoms with van der Waals surface area (Å²) in [6.07, 6.45) is 28.7. The van der Waals surface area contributed by atoms with Crippen LogP contribution < -0.4 is 18.8 Å². The van der Waals surface area contributed by atoms with Crippen molar-refractivity contribution < 1.29 is 45.0 Å². The molecule has 0 bridgehead atoms. The van der Waals surface area contributed by atoms with Crippen LogP contribution in [0.4, 0.5) is 0 Å². The minimum absolute atomic E-state index is 0. The van der Waals surface area contributed by atoms with Gasteiger partial charge in [-0.3, -0.25) is 9.13 Å². The van der Waals surface area contributed by atoms with E-state index in [2.05, 4.69) is 41.5 Å². The van der Waals surface area contributed by atoms with Crippen LogP contribution in [0.15, 0.2) is 48.5 Å². The summed E-state index contributed by atoms with van der Waals surface area (Å²) in [5.74, 6) is 1.29. The van der Waals surface area contributed by atoms with Gasteiger partial charge in [0, 0.05) is 12.3 Å². The van der Waals surface area contributed by atoms with Crippen LogP contribution in [0.2, 0.25) is 0 Å². The van der Waals surface area contributed by atoms with Crippen LogP contribution in [0.5, 0.6) is 11.5 Å². The maximum atomic E-state index is 12.3. The van der Waals surface area contributed by atoms with Crippen LogP contribution in [0.25, 0.3) is 0 Å². The van der Waals surface area contributed by atoms with Gasteiger partial charge in [0.05, 0.1) is 0 Å².